The van der Waals surface area contributed by atoms with E-state index < -0.39 is 0 Å². The molecule has 0 bridgehead atoms. The van der Waals surface area contributed by atoms with E-state index in [-0.39, 0.29) is 16.7 Å². The van der Waals surface area contributed by atoms with Gasteiger partial charge in [-0.2, -0.15) is 11.8 Å². The third kappa shape index (κ3) is 2.36. The first-order chi connectivity index (χ1) is 8.11. The molecule has 2 rings (SSSR count). The number of thioether (sulfide) groups is 1. The Kier molecular flexibility index (Phi) is 3.51. The second-order valence-corrected chi connectivity index (χ2v) is 5.60. The summed E-state index contributed by atoms with van der Waals surface area (Å²) in [4.78, 5) is 16.9. The van der Waals surface area contributed by atoms with Crippen molar-refractivity contribution < 1.29 is 4.92 Å². The van der Waals surface area contributed by atoms with E-state index in [1.165, 1.54) is 6.07 Å². The molecule has 0 aromatic carbocycles. The van der Waals surface area contributed by atoms with Gasteiger partial charge in [-0.1, -0.05) is 6.92 Å². The van der Waals surface area contributed by atoms with Gasteiger partial charge in [0.25, 0.3) is 0 Å². The number of nitrogens with zero attached hydrogens (tertiary/aromatic N) is 3. The number of aromatic nitrogens is 1. The molecule has 1 aliphatic heterocycles. The van der Waals surface area contributed by atoms with Crippen molar-refractivity contribution in [3.63, 3.8) is 0 Å². The molecule has 92 valence electrons. The summed E-state index contributed by atoms with van der Waals surface area (Å²) in [5, 5.41) is 11.4. The average molecular weight is 253 g/mol. The van der Waals surface area contributed by atoms with Crippen LogP contribution in [0.5, 0.6) is 0 Å². The maximum absolute atomic E-state index is 11.0. The number of hydrogen-bond donors (Lipinski definition) is 0. The van der Waals surface area contributed by atoms with Crippen molar-refractivity contribution >= 4 is 23.3 Å². The van der Waals surface area contributed by atoms with E-state index in [2.05, 4.69) is 18.8 Å². The lowest BCUT2D eigenvalue weighted by Gasteiger charge is -2.37. The van der Waals surface area contributed by atoms with Crippen LogP contribution in [0.1, 0.15) is 13.8 Å². The molecule has 0 spiro atoms. The van der Waals surface area contributed by atoms with E-state index >= 15 is 0 Å². The molecule has 0 saturated carbocycles. The van der Waals surface area contributed by atoms with Gasteiger partial charge in [-0.15, -0.1) is 0 Å². The Bertz CT molecular complexity index is 427. The zero-order chi connectivity index (χ0) is 12.4. The van der Waals surface area contributed by atoms with E-state index in [4.69, 9.17) is 0 Å². The van der Waals surface area contributed by atoms with Crippen LogP contribution in [-0.4, -0.2) is 33.5 Å². The summed E-state index contributed by atoms with van der Waals surface area (Å²) >= 11 is 1.90. The standard InChI is InChI=1S/C11H15N3O2S/c1-8-9(2)17-7-6-13(8)11-10(14(15)16)4-3-5-12-11/h3-5,8-9H,6-7H2,1-2H3. The molecular formula is C11H15N3O2S. The molecule has 0 N–H and O–H groups in total. The lowest BCUT2D eigenvalue weighted by atomic mass is 10.2. The number of rotatable bonds is 2. The molecule has 0 aliphatic carbocycles. The second kappa shape index (κ2) is 4.91. The van der Waals surface area contributed by atoms with Crippen LogP contribution in [0, 0.1) is 10.1 Å². The van der Waals surface area contributed by atoms with Crippen molar-refractivity contribution in [2.45, 2.75) is 25.1 Å². The summed E-state index contributed by atoms with van der Waals surface area (Å²) in [6.07, 6.45) is 1.61. The quantitative estimate of drug-likeness (QED) is 0.598. The Morgan fingerprint density at radius 3 is 3.06 bits per heavy atom. The van der Waals surface area contributed by atoms with E-state index in [1.54, 1.807) is 12.3 Å². The van der Waals surface area contributed by atoms with Gasteiger partial charge in [0, 0.05) is 35.9 Å². The minimum Gasteiger partial charge on any atom is -0.346 e. The van der Waals surface area contributed by atoms with Gasteiger partial charge in [-0.3, -0.25) is 10.1 Å². The number of hydrogen-bond acceptors (Lipinski definition) is 5. The smallest absolute Gasteiger partial charge is 0.311 e. The molecule has 0 amide bonds. The van der Waals surface area contributed by atoms with Gasteiger partial charge in [0.2, 0.25) is 5.82 Å². The first-order valence-corrected chi connectivity index (χ1v) is 6.64. The van der Waals surface area contributed by atoms with Gasteiger partial charge < -0.3 is 4.90 Å². The molecule has 2 heterocycles. The fraction of sp³-hybridized carbons (Fsp3) is 0.545. The number of anilines is 1. The molecule has 2 atom stereocenters. The molecule has 0 radical (unpaired) electrons. The van der Waals surface area contributed by atoms with Crippen molar-refractivity contribution in [2.24, 2.45) is 0 Å². The van der Waals surface area contributed by atoms with Gasteiger partial charge in [-0.05, 0) is 13.0 Å². The van der Waals surface area contributed by atoms with Crippen LogP contribution < -0.4 is 4.90 Å². The molecule has 2 unspecified atom stereocenters. The maximum Gasteiger partial charge on any atom is 0.311 e. The summed E-state index contributed by atoms with van der Waals surface area (Å²) in [6, 6.07) is 3.39. The van der Waals surface area contributed by atoms with Crippen molar-refractivity contribution in [1.29, 1.82) is 0 Å². The van der Waals surface area contributed by atoms with Crippen LogP contribution in [0.4, 0.5) is 11.5 Å². The Balaban J connectivity index is 2.36. The summed E-state index contributed by atoms with van der Waals surface area (Å²) in [7, 11) is 0. The van der Waals surface area contributed by atoms with Crippen molar-refractivity contribution in [2.75, 3.05) is 17.2 Å². The molecule has 1 fully saturated rings. The molecule has 5 nitrogen and oxygen atoms in total. The zero-order valence-electron chi connectivity index (χ0n) is 9.87. The fourth-order valence-electron chi connectivity index (χ4n) is 1.98. The van der Waals surface area contributed by atoms with Crippen LogP contribution in [0.3, 0.4) is 0 Å². The highest BCUT2D eigenvalue weighted by Gasteiger charge is 2.30. The monoisotopic (exact) mass is 253 g/mol. The Labute approximate surface area is 104 Å². The van der Waals surface area contributed by atoms with Crippen molar-refractivity contribution in [3.8, 4) is 0 Å². The third-order valence-electron chi connectivity index (χ3n) is 3.12. The van der Waals surface area contributed by atoms with Gasteiger partial charge >= 0.3 is 5.69 Å². The highest BCUT2D eigenvalue weighted by molar-refractivity contribution is 8.00. The van der Waals surface area contributed by atoms with Gasteiger partial charge in [0.05, 0.1) is 4.92 Å². The molecule has 1 saturated heterocycles. The van der Waals surface area contributed by atoms with Crippen LogP contribution in [0.15, 0.2) is 18.3 Å². The normalized spacial score (nSPS) is 24.7. The highest BCUT2D eigenvalue weighted by atomic mass is 32.2. The predicted octanol–water partition coefficient (Wildman–Crippen LogP) is 2.32. The third-order valence-corrected chi connectivity index (χ3v) is 4.46. The topological polar surface area (TPSA) is 59.3 Å². The van der Waals surface area contributed by atoms with Gasteiger partial charge in [-0.25, -0.2) is 4.98 Å². The Morgan fingerprint density at radius 2 is 2.35 bits per heavy atom. The number of pyridine rings is 1. The van der Waals surface area contributed by atoms with E-state index in [0.29, 0.717) is 11.1 Å². The fourth-order valence-corrected chi connectivity index (χ4v) is 3.08. The maximum atomic E-state index is 11.0. The average Bonchev–Trinajstić information content (AvgIpc) is 2.33. The predicted molar refractivity (Wildman–Crippen MR) is 69.6 cm³/mol. The van der Waals surface area contributed by atoms with Crippen LogP contribution in [-0.2, 0) is 0 Å². The summed E-state index contributed by atoms with van der Waals surface area (Å²) < 4.78 is 0. The lowest BCUT2D eigenvalue weighted by molar-refractivity contribution is -0.384. The summed E-state index contributed by atoms with van der Waals surface area (Å²) in [5.41, 5.74) is 0.0958. The van der Waals surface area contributed by atoms with E-state index in [9.17, 15) is 10.1 Å². The zero-order valence-corrected chi connectivity index (χ0v) is 10.7. The highest BCUT2D eigenvalue weighted by Crippen LogP contribution is 2.32. The van der Waals surface area contributed by atoms with Crippen molar-refractivity contribution in [1.82, 2.24) is 4.98 Å². The summed E-state index contributed by atoms with van der Waals surface area (Å²) in [5.74, 6) is 1.48. The largest absolute Gasteiger partial charge is 0.346 e. The second-order valence-electron chi connectivity index (χ2n) is 4.11. The molecule has 1 aromatic heterocycles. The minimum absolute atomic E-state index is 0.0958. The van der Waals surface area contributed by atoms with E-state index in [1.807, 2.05) is 16.7 Å². The molecular weight excluding hydrogens is 238 g/mol. The molecule has 1 aliphatic rings. The first kappa shape index (κ1) is 12.2. The first-order valence-electron chi connectivity index (χ1n) is 5.59. The Hall–Kier alpha value is -1.30. The minimum atomic E-state index is -0.360. The van der Waals surface area contributed by atoms with Gasteiger partial charge in [0.1, 0.15) is 0 Å². The summed E-state index contributed by atoms with van der Waals surface area (Å²) in [6.45, 7) is 5.06. The molecule has 6 heteroatoms. The SMILES string of the molecule is CC1SCCN(c2ncccc2[N+](=O)[O-])C1C. The van der Waals surface area contributed by atoms with Crippen molar-refractivity contribution in [3.05, 3.63) is 28.4 Å². The number of nitro groups is 1. The van der Waals surface area contributed by atoms with Crippen LogP contribution in [0.2, 0.25) is 0 Å². The van der Waals surface area contributed by atoms with Crippen LogP contribution in [0.25, 0.3) is 0 Å². The van der Waals surface area contributed by atoms with Gasteiger partial charge in [0.15, 0.2) is 0 Å². The van der Waals surface area contributed by atoms with Crippen LogP contribution >= 0.6 is 11.8 Å². The Morgan fingerprint density at radius 1 is 1.59 bits per heavy atom. The van der Waals surface area contributed by atoms with E-state index in [0.717, 1.165) is 12.3 Å². The lowest BCUT2D eigenvalue weighted by Crippen LogP contribution is -2.45. The molecule has 1 aromatic rings. The molecule has 17 heavy (non-hydrogen) atoms.